The molecule has 2 amide bonds. The summed E-state index contributed by atoms with van der Waals surface area (Å²) in [7, 11) is 0. The van der Waals surface area contributed by atoms with Crippen molar-refractivity contribution in [1.29, 1.82) is 0 Å². The highest BCUT2D eigenvalue weighted by molar-refractivity contribution is 7.98. The summed E-state index contributed by atoms with van der Waals surface area (Å²) >= 11 is 4.21. The van der Waals surface area contributed by atoms with Crippen molar-refractivity contribution in [2.75, 3.05) is 11.2 Å². The number of nitrogens with one attached hydrogen (secondary N) is 2. The third-order valence-corrected chi connectivity index (χ3v) is 6.23. The molecule has 168 valence electrons. The quantitative estimate of drug-likeness (QED) is 0.204. The molecule has 0 aliphatic heterocycles. The van der Waals surface area contributed by atoms with Crippen LogP contribution in [0.15, 0.2) is 78.9 Å². The van der Waals surface area contributed by atoms with E-state index >= 15 is 0 Å². The number of benzene rings is 3. The van der Waals surface area contributed by atoms with Crippen LogP contribution in [0.5, 0.6) is 0 Å². The van der Waals surface area contributed by atoms with E-state index < -0.39 is 18.1 Å². The number of rotatable bonds is 10. The number of aliphatic hydroxyl groups is 1. The maximum atomic E-state index is 12.5. The van der Waals surface area contributed by atoms with E-state index in [4.69, 9.17) is 5.73 Å². The van der Waals surface area contributed by atoms with Crippen LogP contribution in [-0.4, -0.2) is 51.2 Å². The van der Waals surface area contributed by atoms with Crippen molar-refractivity contribution in [3.63, 3.8) is 0 Å². The number of carbonyl (C=O) groups excluding carboxylic acids is 2. The van der Waals surface area contributed by atoms with Gasteiger partial charge in [-0.05, 0) is 35.7 Å². The van der Waals surface area contributed by atoms with Crippen LogP contribution in [0.2, 0.25) is 0 Å². The molecule has 0 heterocycles. The molecule has 0 saturated heterocycles. The summed E-state index contributed by atoms with van der Waals surface area (Å²) in [6.45, 7) is 0. The first-order valence-corrected chi connectivity index (χ1v) is 12.2. The third-order valence-electron chi connectivity index (χ3n) is 4.96. The van der Waals surface area contributed by atoms with E-state index in [1.54, 1.807) is 36.0 Å². The topological polar surface area (TPSA) is 104 Å². The van der Waals surface area contributed by atoms with Gasteiger partial charge < -0.3 is 21.5 Å². The molecular formula is C25H26AlN3O3S. The third kappa shape index (κ3) is 8.04. The molecule has 2 radical (unpaired) electrons. The van der Waals surface area contributed by atoms with Crippen molar-refractivity contribution < 1.29 is 14.7 Å². The molecule has 0 aliphatic rings. The Kier molecular flexibility index (Phi) is 9.55. The lowest BCUT2D eigenvalue weighted by molar-refractivity contribution is -0.124. The van der Waals surface area contributed by atoms with Gasteiger partial charge in [-0.1, -0.05) is 60.7 Å². The monoisotopic (exact) mass is 475 g/mol. The molecule has 0 spiro atoms. The number of nitrogens with two attached hydrogens (primary N) is 1. The Morgan fingerprint density at radius 3 is 2.42 bits per heavy atom. The van der Waals surface area contributed by atoms with E-state index in [0.717, 1.165) is 15.7 Å². The zero-order valence-corrected chi connectivity index (χ0v) is 20.1. The van der Waals surface area contributed by atoms with Crippen molar-refractivity contribution in [3.05, 3.63) is 95.6 Å². The lowest BCUT2D eigenvalue weighted by Crippen LogP contribution is -2.44. The maximum absolute atomic E-state index is 12.5. The fourth-order valence-electron chi connectivity index (χ4n) is 3.15. The van der Waals surface area contributed by atoms with Gasteiger partial charge in [-0.2, -0.15) is 0 Å². The molecule has 0 aromatic heterocycles. The van der Waals surface area contributed by atoms with Crippen LogP contribution in [0.3, 0.4) is 0 Å². The van der Waals surface area contributed by atoms with Crippen LogP contribution in [-0.2, 0) is 17.0 Å². The van der Waals surface area contributed by atoms with Crippen molar-refractivity contribution in [3.8, 4) is 0 Å². The normalized spacial score (nSPS) is 12.5. The molecule has 0 bridgehead atoms. The van der Waals surface area contributed by atoms with Gasteiger partial charge in [0.1, 0.15) is 6.10 Å². The smallest absolute Gasteiger partial charge is 0.254 e. The fourth-order valence-corrected chi connectivity index (χ4v) is 4.10. The summed E-state index contributed by atoms with van der Waals surface area (Å²) in [5.41, 5.74) is 9.02. The molecule has 3 aromatic carbocycles. The van der Waals surface area contributed by atoms with Gasteiger partial charge in [0.05, 0.1) is 5.88 Å². The van der Waals surface area contributed by atoms with Gasteiger partial charge in [-0.25, -0.2) is 0 Å². The zero-order valence-electron chi connectivity index (χ0n) is 18.1. The first kappa shape index (κ1) is 25.0. The largest absolute Gasteiger partial charge is 0.382 e. The molecular weight excluding hydrogens is 449 g/mol. The Hall–Kier alpha value is -2.60. The van der Waals surface area contributed by atoms with Crippen molar-refractivity contribution >= 4 is 50.0 Å². The lowest BCUT2D eigenvalue weighted by Gasteiger charge is -2.19. The van der Waals surface area contributed by atoms with Crippen LogP contribution in [0.1, 0.15) is 21.5 Å². The molecule has 5 N–H and O–H groups in total. The molecule has 0 saturated carbocycles. The van der Waals surface area contributed by atoms with Crippen LogP contribution < -0.4 is 20.8 Å². The van der Waals surface area contributed by atoms with E-state index in [9.17, 15) is 14.7 Å². The Labute approximate surface area is 206 Å². The highest BCUT2D eigenvalue weighted by Crippen LogP contribution is 2.14. The summed E-state index contributed by atoms with van der Waals surface area (Å²) in [5, 5.41) is 15.9. The fraction of sp³-hybridized carbons (Fsp3) is 0.200. The molecule has 0 aliphatic carbocycles. The van der Waals surface area contributed by atoms with Gasteiger partial charge in [0, 0.05) is 23.0 Å². The van der Waals surface area contributed by atoms with Crippen LogP contribution in [0.25, 0.3) is 0 Å². The zero-order chi connectivity index (χ0) is 23.6. The Bertz CT molecular complexity index is 1060. The summed E-state index contributed by atoms with van der Waals surface area (Å²) in [4.78, 5) is 24.9. The number of thioether (sulfide) groups is 1. The van der Waals surface area contributed by atoms with E-state index in [0.29, 0.717) is 23.5 Å². The van der Waals surface area contributed by atoms with Gasteiger partial charge >= 0.3 is 0 Å². The van der Waals surface area contributed by atoms with E-state index in [1.807, 2.05) is 54.6 Å². The minimum atomic E-state index is -1.38. The molecule has 3 rings (SSSR count). The van der Waals surface area contributed by atoms with Gasteiger partial charge in [0.2, 0.25) is 0 Å². The first-order valence-electron chi connectivity index (χ1n) is 10.5. The van der Waals surface area contributed by atoms with Crippen LogP contribution in [0.4, 0.5) is 5.69 Å². The summed E-state index contributed by atoms with van der Waals surface area (Å²) < 4.78 is 1.05. The van der Waals surface area contributed by atoms with E-state index in [-0.39, 0.29) is 5.91 Å². The average molecular weight is 476 g/mol. The SMILES string of the molecule is N[C@H](Cc1cc[c]([Al])cc1)[C@H](O)C(=O)Nc1cccc(C(=O)NCSCc2ccccc2)c1. The minimum absolute atomic E-state index is 0.235. The van der Waals surface area contributed by atoms with Crippen LogP contribution >= 0.6 is 11.8 Å². The highest BCUT2D eigenvalue weighted by Gasteiger charge is 2.23. The molecule has 0 unspecified atom stereocenters. The number of amides is 2. The second-order valence-electron chi connectivity index (χ2n) is 7.61. The predicted molar refractivity (Wildman–Crippen MR) is 135 cm³/mol. The van der Waals surface area contributed by atoms with Crippen molar-refractivity contribution in [1.82, 2.24) is 5.32 Å². The Morgan fingerprint density at radius 2 is 1.70 bits per heavy atom. The van der Waals surface area contributed by atoms with E-state index in [1.165, 1.54) is 5.56 Å². The average Bonchev–Trinajstić information content (AvgIpc) is 2.83. The van der Waals surface area contributed by atoms with Crippen LogP contribution in [0, 0.1) is 0 Å². The molecule has 6 nitrogen and oxygen atoms in total. The predicted octanol–water partition coefficient (Wildman–Crippen LogP) is 1.97. The number of hydrogen-bond acceptors (Lipinski definition) is 5. The number of hydrogen-bond donors (Lipinski definition) is 4. The number of aliphatic hydroxyl groups excluding tert-OH is 1. The molecule has 2 atom stereocenters. The summed E-state index contributed by atoms with van der Waals surface area (Å²) in [6, 6.07) is 23.5. The van der Waals surface area contributed by atoms with Gasteiger partial charge in [-0.15, -0.1) is 16.2 Å². The van der Waals surface area contributed by atoms with Gasteiger partial charge in [0.25, 0.3) is 11.8 Å². The minimum Gasteiger partial charge on any atom is -0.382 e. The highest BCUT2D eigenvalue weighted by atomic mass is 32.2. The molecule has 33 heavy (non-hydrogen) atoms. The number of anilines is 1. The van der Waals surface area contributed by atoms with Crippen molar-refractivity contribution in [2.24, 2.45) is 5.73 Å². The molecule has 0 fully saturated rings. The second kappa shape index (κ2) is 12.6. The molecule has 8 heteroatoms. The van der Waals surface area contributed by atoms with Crippen molar-refractivity contribution in [2.45, 2.75) is 24.3 Å². The maximum Gasteiger partial charge on any atom is 0.254 e. The lowest BCUT2D eigenvalue weighted by atomic mass is 10.0. The number of carbonyl (C=O) groups is 2. The molecule has 3 aromatic rings. The van der Waals surface area contributed by atoms with Gasteiger partial charge in [0.15, 0.2) is 16.3 Å². The second-order valence-corrected chi connectivity index (χ2v) is 9.26. The Morgan fingerprint density at radius 1 is 0.970 bits per heavy atom. The standard InChI is InChI=1S/C25H26N3O3S.Al/c26-22(14-18-8-3-1-4-9-18)23(29)25(31)28-21-13-7-12-20(15-21)24(30)27-17-32-16-19-10-5-2-6-11-19;/h2-13,15,22-23,29H,14,16-17,26H2,(H,27,30)(H,28,31);/t22-,23+;/m1./s1. The Balaban J connectivity index is 1.49. The van der Waals surface area contributed by atoms with Gasteiger partial charge in [-0.3, -0.25) is 9.59 Å². The first-order chi connectivity index (χ1) is 15.9. The summed E-state index contributed by atoms with van der Waals surface area (Å²) in [5.74, 6) is 0.426. The van der Waals surface area contributed by atoms with E-state index in [2.05, 4.69) is 26.9 Å². The summed E-state index contributed by atoms with van der Waals surface area (Å²) in [6.07, 6.45) is -1.02.